The fourth-order valence-corrected chi connectivity index (χ4v) is 1.73. The molecule has 0 aromatic heterocycles. The van der Waals surface area contributed by atoms with Crippen LogP contribution in [0.25, 0.3) is 0 Å². The van der Waals surface area contributed by atoms with Crippen molar-refractivity contribution in [3.63, 3.8) is 0 Å². The zero-order valence-electron chi connectivity index (χ0n) is 16.2. The van der Waals surface area contributed by atoms with E-state index in [2.05, 4.69) is 11.2 Å². The lowest BCUT2D eigenvalue weighted by atomic mass is 10.2. The van der Waals surface area contributed by atoms with Crippen LogP contribution >= 0.6 is 0 Å². The number of rotatable bonds is 15. The quantitative estimate of drug-likeness (QED) is 0.270. The van der Waals surface area contributed by atoms with Gasteiger partial charge in [0.15, 0.2) is 0 Å². The second-order valence-electron chi connectivity index (χ2n) is 5.20. The largest absolute Gasteiger partial charge is 0.388 e. The number of anilines is 1. The highest BCUT2D eigenvalue weighted by atomic mass is 16.6. The number of carbonyl (C=O) groups excluding carboxylic acids is 1. The van der Waals surface area contributed by atoms with E-state index in [-0.39, 0.29) is 0 Å². The lowest BCUT2D eigenvalue weighted by Gasteiger charge is -2.06. The van der Waals surface area contributed by atoms with Gasteiger partial charge in [-0.1, -0.05) is 18.1 Å². The summed E-state index contributed by atoms with van der Waals surface area (Å²) in [5, 5.41) is 3.04. The number of benzene rings is 1. The molecule has 0 fully saturated rings. The maximum absolute atomic E-state index is 9.96. The van der Waals surface area contributed by atoms with Gasteiger partial charge in [0, 0.05) is 25.7 Å². The molecular weight excluding hydrogens is 348 g/mol. The summed E-state index contributed by atoms with van der Waals surface area (Å²) >= 11 is 0. The summed E-state index contributed by atoms with van der Waals surface area (Å²) in [5.74, 6) is 2.37. The van der Waals surface area contributed by atoms with E-state index in [0.29, 0.717) is 65.8 Å². The fraction of sp³-hybridized carbons (Fsp3) is 0.550. The number of carbonyl (C=O) groups is 1. The molecule has 1 aromatic carbocycles. The van der Waals surface area contributed by atoms with Gasteiger partial charge in [-0.05, 0) is 17.7 Å². The van der Waals surface area contributed by atoms with E-state index in [1.807, 2.05) is 31.3 Å². The molecule has 1 rings (SSSR count). The molecule has 0 unspecified atom stereocenters. The summed E-state index contributed by atoms with van der Waals surface area (Å²) in [6.45, 7) is 4.45. The van der Waals surface area contributed by atoms with Gasteiger partial charge in [0.25, 0.3) is 0 Å². The molecule has 0 aliphatic carbocycles. The minimum Gasteiger partial charge on any atom is -0.388 e. The molecule has 0 heterocycles. The fourth-order valence-electron chi connectivity index (χ4n) is 1.73. The molecule has 7 nitrogen and oxygen atoms in total. The number of hydrogen-bond donors (Lipinski definition) is 2. The Balaban J connectivity index is 0.000000569. The Kier molecular flexibility index (Phi) is 18.9. The van der Waals surface area contributed by atoms with Gasteiger partial charge in [-0.25, -0.2) is 0 Å². The number of aldehydes is 1. The van der Waals surface area contributed by atoms with Gasteiger partial charge in [0.1, 0.15) is 12.9 Å². The summed E-state index contributed by atoms with van der Waals surface area (Å²) in [7, 11) is 1.90. The molecule has 0 atom stereocenters. The SMILES string of the molecule is C#CCOCCOCCOCCOCCC=O.CNc1ccc(CN)cc1. The molecule has 0 saturated carbocycles. The van der Waals surface area contributed by atoms with Crippen molar-refractivity contribution in [1.82, 2.24) is 0 Å². The lowest BCUT2D eigenvalue weighted by Crippen LogP contribution is -2.12. The first-order chi connectivity index (χ1) is 13.3. The second-order valence-corrected chi connectivity index (χ2v) is 5.20. The highest BCUT2D eigenvalue weighted by molar-refractivity contribution is 5.49. The number of terminal acetylenes is 1. The van der Waals surface area contributed by atoms with Gasteiger partial charge in [0.05, 0.1) is 46.2 Å². The molecule has 7 heteroatoms. The van der Waals surface area contributed by atoms with E-state index in [0.717, 1.165) is 12.0 Å². The standard InChI is InChI=1S/C12H20O5.C8H12N2/c1-2-5-14-7-9-16-11-12-17-10-8-15-6-3-4-13;1-10-8-4-2-7(6-9)3-5-8/h1,4H,3,5-12H2;2-5,10H,6,9H2,1H3. The Morgan fingerprint density at radius 1 is 0.963 bits per heavy atom. The van der Waals surface area contributed by atoms with Crippen LogP contribution in [0, 0.1) is 12.3 Å². The summed E-state index contributed by atoms with van der Waals surface area (Å²) in [5.41, 5.74) is 7.71. The Hall–Kier alpha value is -1.95. The van der Waals surface area contributed by atoms with Crippen molar-refractivity contribution in [3.8, 4) is 12.3 Å². The van der Waals surface area contributed by atoms with Gasteiger partial charge in [-0.15, -0.1) is 6.42 Å². The van der Waals surface area contributed by atoms with Crippen LogP contribution in [0.4, 0.5) is 5.69 Å². The molecule has 27 heavy (non-hydrogen) atoms. The van der Waals surface area contributed by atoms with Crippen molar-refractivity contribution in [2.75, 3.05) is 65.2 Å². The summed E-state index contributed by atoms with van der Waals surface area (Å²) in [4.78, 5) is 9.96. The molecular formula is C20H32N2O5. The number of nitrogens with two attached hydrogens (primary N) is 1. The van der Waals surface area contributed by atoms with E-state index < -0.39 is 0 Å². The average molecular weight is 380 g/mol. The molecule has 0 aliphatic rings. The van der Waals surface area contributed by atoms with E-state index in [4.69, 9.17) is 31.1 Å². The van der Waals surface area contributed by atoms with Gasteiger partial charge in [-0.2, -0.15) is 0 Å². The molecule has 0 saturated heterocycles. The molecule has 0 amide bonds. The maximum atomic E-state index is 9.96. The van der Waals surface area contributed by atoms with Crippen LogP contribution in [-0.4, -0.2) is 66.2 Å². The third kappa shape index (κ3) is 17.2. The van der Waals surface area contributed by atoms with Crippen molar-refractivity contribution >= 4 is 12.0 Å². The molecule has 0 aliphatic heterocycles. The first kappa shape index (κ1) is 25.1. The first-order valence-electron chi connectivity index (χ1n) is 8.93. The van der Waals surface area contributed by atoms with Crippen LogP contribution < -0.4 is 11.1 Å². The predicted octanol–water partition coefficient (Wildman–Crippen LogP) is 1.46. The predicted molar refractivity (Wildman–Crippen MR) is 107 cm³/mol. The average Bonchev–Trinajstić information content (AvgIpc) is 2.72. The van der Waals surface area contributed by atoms with Crippen LogP contribution in [0.3, 0.4) is 0 Å². The smallest absolute Gasteiger partial charge is 0.122 e. The van der Waals surface area contributed by atoms with Gasteiger partial charge >= 0.3 is 0 Å². The summed E-state index contributed by atoms with van der Waals surface area (Å²) in [6.07, 6.45) is 6.26. The van der Waals surface area contributed by atoms with E-state index in [9.17, 15) is 4.79 Å². The van der Waals surface area contributed by atoms with Gasteiger partial charge < -0.3 is 34.8 Å². The molecule has 0 spiro atoms. The Morgan fingerprint density at radius 3 is 1.93 bits per heavy atom. The molecule has 0 radical (unpaired) electrons. The summed E-state index contributed by atoms with van der Waals surface area (Å²) < 4.78 is 20.6. The normalized spacial score (nSPS) is 9.81. The van der Waals surface area contributed by atoms with Crippen molar-refractivity contribution in [3.05, 3.63) is 29.8 Å². The first-order valence-corrected chi connectivity index (χ1v) is 8.93. The number of ether oxygens (including phenoxy) is 4. The summed E-state index contributed by atoms with van der Waals surface area (Å²) in [6, 6.07) is 8.07. The Bertz CT molecular complexity index is 465. The van der Waals surface area contributed by atoms with E-state index in [1.165, 1.54) is 5.56 Å². The molecule has 1 aromatic rings. The van der Waals surface area contributed by atoms with Crippen LogP contribution in [0.5, 0.6) is 0 Å². The Morgan fingerprint density at radius 2 is 1.48 bits per heavy atom. The highest BCUT2D eigenvalue weighted by Gasteiger charge is 1.92. The van der Waals surface area contributed by atoms with Crippen molar-refractivity contribution < 1.29 is 23.7 Å². The molecule has 3 N–H and O–H groups in total. The zero-order chi connectivity index (χ0) is 20.0. The van der Waals surface area contributed by atoms with Crippen LogP contribution in [0.2, 0.25) is 0 Å². The van der Waals surface area contributed by atoms with Crippen molar-refractivity contribution in [2.24, 2.45) is 5.73 Å². The van der Waals surface area contributed by atoms with E-state index >= 15 is 0 Å². The minimum atomic E-state index is 0.317. The highest BCUT2D eigenvalue weighted by Crippen LogP contribution is 2.07. The maximum Gasteiger partial charge on any atom is 0.122 e. The van der Waals surface area contributed by atoms with Gasteiger partial charge in [0.2, 0.25) is 0 Å². The minimum absolute atomic E-state index is 0.317. The lowest BCUT2D eigenvalue weighted by molar-refractivity contribution is -0.108. The van der Waals surface area contributed by atoms with Crippen LogP contribution in [0.1, 0.15) is 12.0 Å². The third-order valence-electron chi connectivity index (χ3n) is 3.16. The van der Waals surface area contributed by atoms with Crippen LogP contribution in [0.15, 0.2) is 24.3 Å². The number of hydrogen-bond acceptors (Lipinski definition) is 7. The van der Waals surface area contributed by atoms with Crippen molar-refractivity contribution in [2.45, 2.75) is 13.0 Å². The van der Waals surface area contributed by atoms with E-state index in [1.54, 1.807) is 0 Å². The van der Waals surface area contributed by atoms with Crippen molar-refractivity contribution in [1.29, 1.82) is 0 Å². The molecule has 152 valence electrons. The molecule has 0 bridgehead atoms. The van der Waals surface area contributed by atoms with Crippen LogP contribution in [-0.2, 0) is 30.3 Å². The second kappa shape index (κ2) is 20.4. The monoisotopic (exact) mass is 380 g/mol. The topological polar surface area (TPSA) is 92.0 Å². The van der Waals surface area contributed by atoms with Gasteiger partial charge in [-0.3, -0.25) is 0 Å². The third-order valence-corrected chi connectivity index (χ3v) is 3.16. The zero-order valence-corrected chi connectivity index (χ0v) is 16.2. The Labute approximate surface area is 162 Å². The number of nitrogens with one attached hydrogen (secondary N) is 1.